The number of fused-ring (bicyclic) bond motifs is 1. The quantitative estimate of drug-likeness (QED) is 0.858. The van der Waals surface area contributed by atoms with Gasteiger partial charge in [-0.2, -0.15) is 0 Å². The number of rotatable bonds is 2. The second-order valence-corrected chi connectivity index (χ2v) is 6.57. The number of nitrogens with zero attached hydrogens (tertiary/aromatic N) is 1. The fraction of sp³-hybridized carbons (Fsp3) is 0.533. The monoisotopic (exact) mass is 260 g/mol. The van der Waals surface area contributed by atoms with E-state index in [1.54, 1.807) is 11.3 Å². The second-order valence-electron chi connectivity index (χ2n) is 5.68. The SMILES string of the molecule is CC1CCC(Nc2ccc3ncsc3c2)C(C)C1. The average molecular weight is 260 g/mol. The van der Waals surface area contributed by atoms with Gasteiger partial charge in [0.05, 0.1) is 15.7 Å². The third-order valence-electron chi connectivity index (χ3n) is 4.11. The second kappa shape index (κ2) is 4.88. The van der Waals surface area contributed by atoms with E-state index in [9.17, 15) is 0 Å². The average Bonchev–Trinajstić information content (AvgIpc) is 2.80. The van der Waals surface area contributed by atoms with Crippen molar-refractivity contribution in [1.29, 1.82) is 0 Å². The molecule has 1 saturated carbocycles. The first-order chi connectivity index (χ1) is 8.72. The predicted octanol–water partition coefficient (Wildman–Crippen LogP) is 4.53. The van der Waals surface area contributed by atoms with Gasteiger partial charge >= 0.3 is 0 Å². The molecule has 2 nitrogen and oxygen atoms in total. The van der Waals surface area contributed by atoms with Crippen LogP contribution in [0.1, 0.15) is 33.1 Å². The Balaban J connectivity index is 1.75. The molecule has 1 heterocycles. The topological polar surface area (TPSA) is 24.9 Å². The van der Waals surface area contributed by atoms with E-state index in [0.717, 1.165) is 17.4 Å². The molecule has 0 radical (unpaired) electrons. The molecule has 0 saturated heterocycles. The van der Waals surface area contributed by atoms with E-state index in [1.165, 1.54) is 29.6 Å². The summed E-state index contributed by atoms with van der Waals surface area (Å²) in [5.74, 6) is 1.66. The summed E-state index contributed by atoms with van der Waals surface area (Å²) in [6, 6.07) is 7.14. The molecule has 0 aliphatic heterocycles. The Hall–Kier alpha value is -1.09. The van der Waals surface area contributed by atoms with Crippen molar-refractivity contribution < 1.29 is 0 Å². The van der Waals surface area contributed by atoms with Gasteiger partial charge in [-0.15, -0.1) is 11.3 Å². The van der Waals surface area contributed by atoms with Crippen molar-refractivity contribution in [3.8, 4) is 0 Å². The molecule has 96 valence electrons. The smallest absolute Gasteiger partial charge is 0.0813 e. The lowest BCUT2D eigenvalue weighted by atomic mass is 9.80. The summed E-state index contributed by atoms with van der Waals surface area (Å²) < 4.78 is 1.27. The van der Waals surface area contributed by atoms with Gasteiger partial charge in [0.1, 0.15) is 0 Å². The summed E-state index contributed by atoms with van der Waals surface area (Å²) in [4.78, 5) is 4.32. The minimum atomic E-state index is 0.631. The van der Waals surface area contributed by atoms with E-state index < -0.39 is 0 Å². The molecule has 0 amide bonds. The molecule has 3 unspecified atom stereocenters. The van der Waals surface area contributed by atoms with Crippen molar-refractivity contribution in [2.75, 3.05) is 5.32 Å². The van der Waals surface area contributed by atoms with E-state index in [1.807, 2.05) is 5.51 Å². The van der Waals surface area contributed by atoms with Crippen LogP contribution in [-0.4, -0.2) is 11.0 Å². The van der Waals surface area contributed by atoms with Crippen molar-refractivity contribution in [2.24, 2.45) is 11.8 Å². The van der Waals surface area contributed by atoms with Crippen LogP contribution in [-0.2, 0) is 0 Å². The van der Waals surface area contributed by atoms with Gasteiger partial charge < -0.3 is 5.32 Å². The van der Waals surface area contributed by atoms with Crippen LogP contribution in [0, 0.1) is 11.8 Å². The van der Waals surface area contributed by atoms with Gasteiger partial charge in [-0.25, -0.2) is 4.98 Å². The summed E-state index contributed by atoms with van der Waals surface area (Å²) in [7, 11) is 0. The lowest BCUT2D eigenvalue weighted by Gasteiger charge is -2.33. The highest BCUT2D eigenvalue weighted by Gasteiger charge is 2.25. The fourth-order valence-corrected chi connectivity index (χ4v) is 3.76. The largest absolute Gasteiger partial charge is 0.382 e. The standard InChI is InChI=1S/C15H20N2S/c1-10-3-5-13(11(2)7-10)17-12-4-6-14-15(8-12)18-9-16-14/h4,6,8-11,13,17H,3,5,7H2,1-2H3. The van der Waals surface area contributed by atoms with E-state index in [4.69, 9.17) is 0 Å². The van der Waals surface area contributed by atoms with Crippen molar-refractivity contribution in [2.45, 2.75) is 39.2 Å². The predicted molar refractivity (Wildman–Crippen MR) is 79.2 cm³/mol. The molecule has 0 bridgehead atoms. The number of aromatic nitrogens is 1. The maximum Gasteiger partial charge on any atom is 0.0813 e. The van der Waals surface area contributed by atoms with Crippen LogP contribution in [0.25, 0.3) is 10.2 Å². The van der Waals surface area contributed by atoms with Crippen LogP contribution in [0.4, 0.5) is 5.69 Å². The lowest BCUT2D eigenvalue weighted by Crippen LogP contribution is -2.32. The van der Waals surface area contributed by atoms with Crippen LogP contribution in [0.2, 0.25) is 0 Å². The zero-order valence-electron chi connectivity index (χ0n) is 11.0. The van der Waals surface area contributed by atoms with Crippen LogP contribution >= 0.6 is 11.3 Å². The molecule has 18 heavy (non-hydrogen) atoms. The van der Waals surface area contributed by atoms with Crippen LogP contribution in [0.3, 0.4) is 0 Å². The molecule has 1 N–H and O–H groups in total. The summed E-state index contributed by atoms with van der Waals surface area (Å²) in [5.41, 5.74) is 4.27. The van der Waals surface area contributed by atoms with Crippen LogP contribution in [0.15, 0.2) is 23.7 Å². The summed E-state index contributed by atoms with van der Waals surface area (Å²) in [6.07, 6.45) is 3.99. The number of nitrogens with one attached hydrogen (secondary N) is 1. The van der Waals surface area contributed by atoms with Crippen molar-refractivity contribution >= 4 is 27.2 Å². The van der Waals surface area contributed by atoms with E-state index in [0.29, 0.717) is 6.04 Å². The Morgan fingerprint density at radius 3 is 3.00 bits per heavy atom. The van der Waals surface area contributed by atoms with Gasteiger partial charge in [-0.3, -0.25) is 0 Å². The molecule has 1 aromatic heterocycles. The van der Waals surface area contributed by atoms with Crippen LogP contribution in [0.5, 0.6) is 0 Å². The molecule has 1 aliphatic carbocycles. The normalized spacial score (nSPS) is 28.4. The minimum Gasteiger partial charge on any atom is -0.382 e. The molecule has 3 heteroatoms. The van der Waals surface area contributed by atoms with Gasteiger partial charge in [-0.1, -0.05) is 13.8 Å². The molecular weight excluding hydrogens is 240 g/mol. The maximum atomic E-state index is 4.32. The van der Waals surface area contributed by atoms with Crippen molar-refractivity contribution in [1.82, 2.24) is 4.98 Å². The van der Waals surface area contributed by atoms with Gasteiger partial charge in [0.15, 0.2) is 0 Å². The molecule has 1 fully saturated rings. The molecular formula is C15H20N2S. The van der Waals surface area contributed by atoms with Crippen molar-refractivity contribution in [3.63, 3.8) is 0 Å². The molecule has 0 spiro atoms. The Bertz CT molecular complexity index is 534. The van der Waals surface area contributed by atoms with Crippen molar-refractivity contribution in [3.05, 3.63) is 23.7 Å². The number of benzene rings is 1. The zero-order chi connectivity index (χ0) is 12.5. The Labute approximate surface area is 112 Å². The van der Waals surface area contributed by atoms with Gasteiger partial charge in [0.2, 0.25) is 0 Å². The van der Waals surface area contributed by atoms with E-state index in [-0.39, 0.29) is 0 Å². The third-order valence-corrected chi connectivity index (χ3v) is 4.91. The third kappa shape index (κ3) is 2.37. The number of hydrogen-bond donors (Lipinski definition) is 1. The fourth-order valence-electron chi connectivity index (χ4n) is 3.04. The number of anilines is 1. The molecule has 1 aromatic carbocycles. The molecule has 1 aliphatic rings. The Kier molecular flexibility index (Phi) is 3.25. The molecule has 2 aromatic rings. The van der Waals surface area contributed by atoms with Crippen LogP contribution < -0.4 is 5.32 Å². The lowest BCUT2D eigenvalue weighted by molar-refractivity contribution is 0.276. The first-order valence-electron chi connectivity index (χ1n) is 6.82. The molecule has 3 rings (SSSR count). The van der Waals surface area contributed by atoms with E-state index in [2.05, 4.69) is 42.3 Å². The maximum absolute atomic E-state index is 4.32. The van der Waals surface area contributed by atoms with E-state index >= 15 is 0 Å². The highest BCUT2D eigenvalue weighted by molar-refractivity contribution is 7.16. The summed E-state index contributed by atoms with van der Waals surface area (Å²) in [5, 5.41) is 3.71. The van der Waals surface area contributed by atoms with Gasteiger partial charge in [0.25, 0.3) is 0 Å². The highest BCUT2D eigenvalue weighted by atomic mass is 32.1. The minimum absolute atomic E-state index is 0.631. The van der Waals surface area contributed by atoms with Gasteiger partial charge in [0, 0.05) is 11.7 Å². The summed E-state index contributed by atoms with van der Waals surface area (Å²) in [6.45, 7) is 4.74. The number of hydrogen-bond acceptors (Lipinski definition) is 3. The first kappa shape index (κ1) is 12.0. The first-order valence-corrected chi connectivity index (χ1v) is 7.70. The van der Waals surface area contributed by atoms with Gasteiger partial charge in [-0.05, 0) is 49.3 Å². The highest BCUT2D eigenvalue weighted by Crippen LogP contribution is 2.31. The zero-order valence-corrected chi connectivity index (χ0v) is 11.8. The molecule has 3 atom stereocenters. The number of thiazole rings is 1. The Morgan fingerprint density at radius 2 is 2.17 bits per heavy atom. The Morgan fingerprint density at radius 1 is 1.28 bits per heavy atom. The summed E-state index contributed by atoms with van der Waals surface area (Å²) >= 11 is 1.71.